The maximum absolute atomic E-state index is 12.2. The molecule has 8 nitrogen and oxygen atoms in total. The lowest BCUT2D eigenvalue weighted by Gasteiger charge is -2.05. The van der Waals surface area contributed by atoms with Gasteiger partial charge in [-0.25, -0.2) is 0 Å². The summed E-state index contributed by atoms with van der Waals surface area (Å²) in [5.41, 5.74) is 2.80. The number of ether oxygens (including phenoxy) is 2. The highest BCUT2D eigenvalue weighted by Gasteiger charge is 2.17. The number of hydrogen-bond acceptors (Lipinski definition) is 8. The standard InChI is InChI=1S/C20H18N4O4S2/c1-12-2-4-13(5-3-12)10-29-20-24-23-19(30-20)22-17(25)9-21-18(26)14-6-7-15-16(8-14)28-11-27-15/h2-8H,9-11H2,1H3,(H,21,26)(H,22,23,25). The second kappa shape index (κ2) is 9.14. The van der Waals surface area contributed by atoms with E-state index >= 15 is 0 Å². The third kappa shape index (κ3) is 5.08. The third-order valence-corrected chi connectivity index (χ3v) is 6.22. The Morgan fingerprint density at radius 1 is 1.10 bits per heavy atom. The molecule has 10 heteroatoms. The molecule has 0 bridgehead atoms. The Morgan fingerprint density at radius 2 is 1.90 bits per heavy atom. The Balaban J connectivity index is 1.24. The van der Waals surface area contributed by atoms with E-state index in [1.54, 1.807) is 30.0 Å². The molecule has 0 spiro atoms. The second-order valence-electron chi connectivity index (χ2n) is 6.45. The van der Waals surface area contributed by atoms with Crippen molar-refractivity contribution in [3.63, 3.8) is 0 Å². The van der Waals surface area contributed by atoms with Gasteiger partial charge in [0.25, 0.3) is 5.91 Å². The van der Waals surface area contributed by atoms with Gasteiger partial charge >= 0.3 is 0 Å². The van der Waals surface area contributed by atoms with Crippen molar-refractivity contribution in [3.8, 4) is 11.5 Å². The number of benzene rings is 2. The van der Waals surface area contributed by atoms with Gasteiger partial charge in [-0.3, -0.25) is 14.9 Å². The number of hydrogen-bond donors (Lipinski definition) is 2. The summed E-state index contributed by atoms with van der Waals surface area (Å²) < 4.78 is 11.2. The fourth-order valence-electron chi connectivity index (χ4n) is 2.61. The lowest BCUT2D eigenvalue weighted by molar-refractivity contribution is -0.115. The molecule has 1 aliphatic heterocycles. The number of carbonyl (C=O) groups excluding carboxylic acids is 2. The summed E-state index contributed by atoms with van der Waals surface area (Å²) >= 11 is 2.85. The van der Waals surface area contributed by atoms with Crippen LogP contribution in [0.5, 0.6) is 11.5 Å². The van der Waals surface area contributed by atoms with Crippen LogP contribution < -0.4 is 20.1 Å². The summed E-state index contributed by atoms with van der Waals surface area (Å²) in [4.78, 5) is 24.3. The maximum Gasteiger partial charge on any atom is 0.251 e. The number of anilines is 1. The number of fused-ring (bicyclic) bond motifs is 1. The van der Waals surface area contributed by atoms with E-state index in [9.17, 15) is 9.59 Å². The zero-order valence-corrected chi connectivity index (χ0v) is 17.6. The number of carbonyl (C=O) groups is 2. The van der Waals surface area contributed by atoms with Crippen LogP contribution in [0.2, 0.25) is 0 Å². The number of rotatable bonds is 7. The molecule has 2 aromatic carbocycles. The molecule has 2 N–H and O–H groups in total. The Bertz CT molecular complexity index is 1070. The second-order valence-corrected chi connectivity index (χ2v) is 8.65. The molecule has 0 fully saturated rings. The maximum atomic E-state index is 12.2. The van der Waals surface area contributed by atoms with Crippen molar-refractivity contribution < 1.29 is 19.1 Å². The molecule has 3 aromatic rings. The first-order chi connectivity index (χ1) is 14.6. The fourth-order valence-corrected chi connectivity index (χ4v) is 4.34. The molecule has 0 aliphatic carbocycles. The molecule has 1 aromatic heterocycles. The van der Waals surface area contributed by atoms with Gasteiger partial charge in [-0.05, 0) is 30.7 Å². The number of aromatic nitrogens is 2. The van der Waals surface area contributed by atoms with E-state index in [1.165, 1.54) is 22.5 Å². The number of nitrogens with one attached hydrogen (secondary N) is 2. The average Bonchev–Trinajstić information content (AvgIpc) is 3.40. The van der Waals surface area contributed by atoms with E-state index in [1.807, 2.05) is 6.92 Å². The molecule has 2 heterocycles. The van der Waals surface area contributed by atoms with Crippen molar-refractivity contribution >= 4 is 40.0 Å². The highest BCUT2D eigenvalue weighted by molar-refractivity contribution is 8.00. The van der Waals surface area contributed by atoms with Crippen LogP contribution in [0.15, 0.2) is 46.8 Å². The van der Waals surface area contributed by atoms with Gasteiger partial charge in [0.15, 0.2) is 15.8 Å². The molecule has 1 aliphatic rings. The van der Waals surface area contributed by atoms with Crippen LogP contribution in [0, 0.1) is 6.92 Å². The van der Waals surface area contributed by atoms with E-state index in [2.05, 4.69) is 45.1 Å². The predicted molar refractivity (Wildman–Crippen MR) is 114 cm³/mol. The van der Waals surface area contributed by atoms with Crippen LogP contribution >= 0.6 is 23.1 Å². The van der Waals surface area contributed by atoms with E-state index < -0.39 is 0 Å². The zero-order valence-electron chi connectivity index (χ0n) is 16.0. The molecule has 0 saturated carbocycles. The Morgan fingerprint density at radius 3 is 2.73 bits per heavy atom. The van der Waals surface area contributed by atoms with E-state index in [0.29, 0.717) is 22.2 Å². The SMILES string of the molecule is Cc1ccc(CSc2nnc(NC(=O)CNC(=O)c3ccc4c(c3)OCO4)s2)cc1. The normalized spacial score (nSPS) is 11.9. The van der Waals surface area contributed by atoms with Gasteiger partial charge in [-0.1, -0.05) is 52.9 Å². The molecule has 154 valence electrons. The number of amides is 2. The first-order valence-electron chi connectivity index (χ1n) is 9.06. The molecular formula is C20H18N4O4S2. The van der Waals surface area contributed by atoms with Gasteiger partial charge in [-0.15, -0.1) is 10.2 Å². The lowest BCUT2D eigenvalue weighted by Crippen LogP contribution is -2.32. The van der Waals surface area contributed by atoms with Crippen LogP contribution in [0.1, 0.15) is 21.5 Å². The summed E-state index contributed by atoms with van der Waals surface area (Å²) in [6.45, 7) is 2.00. The summed E-state index contributed by atoms with van der Waals surface area (Å²) in [6, 6.07) is 13.2. The Labute approximate surface area is 181 Å². The van der Waals surface area contributed by atoms with Crippen LogP contribution in [0.25, 0.3) is 0 Å². The third-order valence-electron chi connectivity index (χ3n) is 4.18. The number of nitrogens with zero attached hydrogens (tertiary/aromatic N) is 2. The van der Waals surface area contributed by atoms with Crippen molar-refractivity contribution in [1.82, 2.24) is 15.5 Å². The number of aryl methyl sites for hydroxylation is 1. The van der Waals surface area contributed by atoms with Gasteiger partial charge < -0.3 is 14.8 Å². The van der Waals surface area contributed by atoms with Crippen molar-refractivity contribution in [1.29, 1.82) is 0 Å². The molecular weight excluding hydrogens is 424 g/mol. The average molecular weight is 443 g/mol. The van der Waals surface area contributed by atoms with Gasteiger partial charge in [0.2, 0.25) is 17.8 Å². The van der Waals surface area contributed by atoms with Gasteiger partial charge in [0.1, 0.15) is 0 Å². The molecule has 4 rings (SSSR count). The van der Waals surface area contributed by atoms with Gasteiger partial charge in [-0.2, -0.15) is 0 Å². The zero-order chi connectivity index (χ0) is 20.9. The number of thioether (sulfide) groups is 1. The Hall–Kier alpha value is -3.11. The van der Waals surface area contributed by atoms with Crippen molar-refractivity contribution in [3.05, 3.63) is 59.2 Å². The van der Waals surface area contributed by atoms with Crippen LogP contribution in [-0.4, -0.2) is 35.3 Å². The summed E-state index contributed by atoms with van der Waals surface area (Å²) in [7, 11) is 0. The molecule has 2 amide bonds. The fraction of sp³-hybridized carbons (Fsp3) is 0.200. The molecule has 0 unspecified atom stereocenters. The summed E-state index contributed by atoms with van der Waals surface area (Å²) in [5, 5.41) is 13.7. The molecule has 30 heavy (non-hydrogen) atoms. The van der Waals surface area contributed by atoms with E-state index in [0.717, 1.165) is 10.1 Å². The predicted octanol–water partition coefficient (Wildman–Crippen LogP) is 3.24. The lowest BCUT2D eigenvalue weighted by atomic mass is 10.2. The quantitative estimate of drug-likeness (QED) is 0.428. The van der Waals surface area contributed by atoms with E-state index in [-0.39, 0.29) is 25.2 Å². The summed E-state index contributed by atoms with van der Waals surface area (Å²) in [6.07, 6.45) is 0. The minimum absolute atomic E-state index is 0.135. The van der Waals surface area contributed by atoms with Crippen LogP contribution in [0.4, 0.5) is 5.13 Å². The van der Waals surface area contributed by atoms with Gasteiger partial charge in [0.05, 0.1) is 6.54 Å². The van der Waals surface area contributed by atoms with Crippen LogP contribution in [0.3, 0.4) is 0 Å². The molecule has 0 radical (unpaired) electrons. The molecule has 0 atom stereocenters. The van der Waals surface area contributed by atoms with Crippen molar-refractivity contribution in [2.24, 2.45) is 0 Å². The van der Waals surface area contributed by atoms with Crippen molar-refractivity contribution in [2.75, 3.05) is 18.7 Å². The minimum atomic E-state index is -0.380. The van der Waals surface area contributed by atoms with Crippen molar-refractivity contribution in [2.45, 2.75) is 17.0 Å². The highest BCUT2D eigenvalue weighted by atomic mass is 32.2. The van der Waals surface area contributed by atoms with E-state index in [4.69, 9.17) is 9.47 Å². The minimum Gasteiger partial charge on any atom is -0.454 e. The largest absolute Gasteiger partial charge is 0.454 e. The smallest absolute Gasteiger partial charge is 0.251 e. The van der Waals surface area contributed by atoms with Gasteiger partial charge in [0, 0.05) is 11.3 Å². The Kier molecular flexibility index (Phi) is 6.15. The topological polar surface area (TPSA) is 102 Å². The first kappa shape index (κ1) is 20.2. The summed E-state index contributed by atoms with van der Waals surface area (Å²) in [5.74, 6) is 1.12. The molecule has 0 saturated heterocycles. The highest BCUT2D eigenvalue weighted by Crippen LogP contribution is 2.32. The monoisotopic (exact) mass is 442 g/mol. The first-order valence-corrected chi connectivity index (χ1v) is 10.9. The van der Waals surface area contributed by atoms with Crippen LogP contribution in [-0.2, 0) is 10.5 Å².